The van der Waals surface area contributed by atoms with Crippen molar-refractivity contribution in [1.82, 2.24) is 13.7 Å². The molecule has 2 aliphatic heterocycles. The second kappa shape index (κ2) is 10.9. The van der Waals surface area contributed by atoms with E-state index in [-0.39, 0.29) is 12.1 Å². The van der Waals surface area contributed by atoms with E-state index in [1.54, 1.807) is 0 Å². The molecule has 0 saturated carbocycles. The summed E-state index contributed by atoms with van der Waals surface area (Å²) in [6.45, 7) is 6.89. The highest BCUT2D eigenvalue weighted by Gasteiger charge is 2.41. The van der Waals surface area contributed by atoms with E-state index in [2.05, 4.69) is 198 Å². The number of nitrogens with zero attached hydrogens (tertiary/aromatic N) is 3. The van der Waals surface area contributed by atoms with Crippen molar-refractivity contribution >= 4 is 88.5 Å². The Morgan fingerprint density at radius 3 is 1.60 bits per heavy atom. The van der Waals surface area contributed by atoms with Gasteiger partial charge in [0.05, 0.1) is 27.6 Å². The van der Waals surface area contributed by atoms with Crippen molar-refractivity contribution in [2.75, 3.05) is 0 Å². The van der Waals surface area contributed by atoms with Crippen molar-refractivity contribution in [3.8, 4) is 28.6 Å². The largest absolute Gasteiger partial charge is 0.458 e. The molecular formula is C52H36BN3O. The van der Waals surface area contributed by atoms with Gasteiger partial charge in [-0.1, -0.05) is 112 Å². The van der Waals surface area contributed by atoms with E-state index in [0.717, 1.165) is 22.9 Å². The molecule has 0 atom stereocenters. The summed E-state index contributed by atoms with van der Waals surface area (Å²) >= 11 is 0. The highest BCUT2D eigenvalue weighted by atomic mass is 16.5. The van der Waals surface area contributed by atoms with Crippen LogP contribution < -0.4 is 21.1 Å². The second-order valence-electron chi connectivity index (χ2n) is 16.9. The van der Waals surface area contributed by atoms with Gasteiger partial charge in [0.25, 0.3) is 6.71 Å². The van der Waals surface area contributed by atoms with Crippen LogP contribution in [0.2, 0.25) is 0 Å². The van der Waals surface area contributed by atoms with E-state index >= 15 is 0 Å². The first-order valence-corrected chi connectivity index (χ1v) is 20.0. The summed E-state index contributed by atoms with van der Waals surface area (Å²) in [5.41, 5.74) is 15.8. The molecule has 4 nitrogen and oxygen atoms in total. The van der Waals surface area contributed by atoms with Crippen LogP contribution in [0.4, 0.5) is 0 Å². The zero-order valence-corrected chi connectivity index (χ0v) is 31.9. The Morgan fingerprint density at radius 2 is 0.982 bits per heavy atom. The number of ether oxygens (including phenoxy) is 1. The van der Waals surface area contributed by atoms with Gasteiger partial charge in [-0.3, -0.25) is 0 Å². The summed E-state index contributed by atoms with van der Waals surface area (Å²) < 4.78 is 14.3. The Labute approximate surface area is 329 Å². The molecule has 0 N–H and O–H groups in total. The first kappa shape index (κ1) is 31.3. The Hall–Kier alpha value is -6.98. The van der Waals surface area contributed by atoms with Crippen molar-refractivity contribution in [3.05, 3.63) is 169 Å². The van der Waals surface area contributed by atoms with Crippen LogP contribution >= 0.6 is 0 Å². The Balaban J connectivity index is 1.19. The number of rotatable bonds is 2. The fourth-order valence-electron chi connectivity index (χ4n) is 10.3. The molecule has 268 valence electrons. The van der Waals surface area contributed by atoms with Crippen LogP contribution in [0, 0.1) is 0 Å². The summed E-state index contributed by atoms with van der Waals surface area (Å²) in [6.07, 6.45) is 0. The number of hydrogen-bond acceptors (Lipinski definition) is 1. The van der Waals surface area contributed by atoms with E-state index in [0.29, 0.717) is 0 Å². The van der Waals surface area contributed by atoms with Crippen LogP contribution in [-0.2, 0) is 5.41 Å². The van der Waals surface area contributed by atoms with Crippen LogP contribution in [0.25, 0.3) is 82.5 Å². The van der Waals surface area contributed by atoms with Crippen LogP contribution in [-0.4, -0.2) is 20.4 Å². The van der Waals surface area contributed by atoms with Gasteiger partial charge in [0.2, 0.25) is 0 Å². The number of hydrogen-bond donors (Lipinski definition) is 0. The summed E-state index contributed by atoms with van der Waals surface area (Å²) in [6, 6.07) is 60.7. The minimum Gasteiger partial charge on any atom is -0.458 e. The van der Waals surface area contributed by atoms with E-state index < -0.39 is 0 Å². The van der Waals surface area contributed by atoms with Gasteiger partial charge >= 0.3 is 0 Å². The zero-order valence-electron chi connectivity index (χ0n) is 31.9. The third kappa shape index (κ3) is 4.08. The van der Waals surface area contributed by atoms with Crippen molar-refractivity contribution in [2.45, 2.75) is 26.2 Å². The zero-order chi connectivity index (χ0) is 37.7. The van der Waals surface area contributed by atoms with Crippen molar-refractivity contribution in [2.24, 2.45) is 0 Å². The standard InChI is InChI=1S/C52H36BN3O/c1-52(2,3)31-23-26-48-40(27-31)53-41-30-33(55-44-19-10-6-15-36(44)37-16-7-11-20-45(37)55)29-39-38-28-32(54-42-17-8-4-13-34(42)35-14-5-9-18-43(35)54)24-25-46(38)56(51(39)41)47-21-12-22-49(57-48)50(47)53/h4-30H,1-3H3. The van der Waals surface area contributed by atoms with Crippen molar-refractivity contribution in [1.29, 1.82) is 0 Å². The van der Waals surface area contributed by atoms with E-state index in [4.69, 9.17) is 4.74 Å². The van der Waals surface area contributed by atoms with Gasteiger partial charge in [0.15, 0.2) is 0 Å². The van der Waals surface area contributed by atoms with Crippen LogP contribution in [0.5, 0.6) is 11.5 Å². The number of para-hydroxylation sites is 4. The number of fused-ring (bicyclic) bond motifs is 13. The average Bonchev–Trinajstić information content (AvgIpc) is 3.87. The predicted octanol–water partition coefficient (Wildman–Crippen LogP) is 11.2. The van der Waals surface area contributed by atoms with Gasteiger partial charge < -0.3 is 18.4 Å². The van der Waals surface area contributed by atoms with Gasteiger partial charge in [-0.25, -0.2) is 0 Å². The summed E-state index contributed by atoms with van der Waals surface area (Å²) in [7, 11) is 0. The maximum absolute atomic E-state index is 6.84. The van der Waals surface area contributed by atoms with Gasteiger partial charge in [-0.05, 0) is 100 Å². The monoisotopic (exact) mass is 729 g/mol. The molecule has 0 unspecified atom stereocenters. The Kier molecular flexibility index (Phi) is 5.96. The highest BCUT2D eigenvalue weighted by molar-refractivity contribution is 6.99. The highest BCUT2D eigenvalue weighted by Crippen LogP contribution is 2.42. The third-order valence-corrected chi connectivity index (χ3v) is 12.8. The van der Waals surface area contributed by atoms with E-state index in [9.17, 15) is 0 Å². The molecule has 0 fully saturated rings. The lowest BCUT2D eigenvalue weighted by Gasteiger charge is -2.34. The predicted molar refractivity (Wildman–Crippen MR) is 239 cm³/mol. The third-order valence-electron chi connectivity index (χ3n) is 12.8. The Morgan fingerprint density at radius 1 is 0.421 bits per heavy atom. The van der Waals surface area contributed by atoms with Crippen molar-refractivity contribution in [3.63, 3.8) is 0 Å². The normalized spacial score (nSPS) is 13.3. The SMILES string of the molecule is CC(C)(C)c1ccc2c(c1)B1c3c(cccc3-n3c4ccc(-n5c6ccccc6c6ccccc65)cc4c4cc(-n5c6ccccc6c6ccccc65)cc1c43)O2. The number of aromatic nitrogens is 3. The molecule has 11 aromatic rings. The summed E-state index contributed by atoms with van der Waals surface area (Å²) in [5.74, 6) is 1.87. The number of benzene rings is 8. The first-order valence-electron chi connectivity index (χ1n) is 20.0. The molecule has 8 aromatic carbocycles. The maximum Gasteiger partial charge on any atom is 0.256 e. The van der Waals surface area contributed by atoms with Gasteiger partial charge in [-0.2, -0.15) is 0 Å². The first-order chi connectivity index (χ1) is 27.9. The Bertz CT molecular complexity index is 3450. The lowest BCUT2D eigenvalue weighted by molar-refractivity contribution is 0.486. The molecule has 2 aliphatic rings. The fourth-order valence-corrected chi connectivity index (χ4v) is 10.3. The molecular weight excluding hydrogens is 693 g/mol. The topological polar surface area (TPSA) is 24.0 Å². The molecule has 0 spiro atoms. The second-order valence-corrected chi connectivity index (χ2v) is 16.9. The van der Waals surface area contributed by atoms with Crippen LogP contribution in [0.15, 0.2) is 164 Å². The minimum absolute atomic E-state index is 0.00795. The molecule has 0 amide bonds. The molecule has 5 heteroatoms. The van der Waals surface area contributed by atoms with E-state index in [1.165, 1.54) is 93.1 Å². The van der Waals surface area contributed by atoms with Gasteiger partial charge in [-0.15, -0.1) is 0 Å². The lowest BCUT2D eigenvalue weighted by atomic mass is 9.34. The molecule has 0 radical (unpaired) electrons. The molecule has 3 aromatic heterocycles. The molecule has 57 heavy (non-hydrogen) atoms. The summed E-state index contributed by atoms with van der Waals surface area (Å²) in [4.78, 5) is 0. The molecule has 0 bridgehead atoms. The van der Waals surface area contributed by atoms with Gasteiger partial charge in [0.1, 0.15) is 11.5 Å². The quantitative estimate of drug-likeness (QED) is 0.163. The summed E-state index contributed by atoms with van der Waals surface area (Å²) in [5, 5.41) is 7.53. The average molecular weight is 730 g/mol. The van der Waals surface area contributed by atoms with E-state index in [1.807, 2.05) is 0 Å². The van der Waals surface area contributed by atoms with Crippen LogP contribution in [0.1, 0.15) is 26.3 Å². The molecule has 13 rings (SSSR count). The molecule has 0 aliphatic carbocycles. The smallest absolute Gasteiger partial charge is 0.256 e. The fraction of sp³-hybridized carbons (Fsp3) is 0.0769. The maximum atomic E-state index is 6.84. The molecule has 5 heterocycles. The van der Waals surface area contributed by atoms with Gasteiger partial charge in [0, 0.05) is 54.9 Å². The lowest BCUT2D eigenvalue weighted by Crippen LogP contribution is -2.58. The molecule has 0 saturated heterocycles. The van der Waals surface area contributed by atoms with Crippen LogP contribution in [0.3, 0.4) is 0 Å². The van der Waals surface area contributed by atoms with Crippen molar-refractivity contribution < 1.29 is 4.74 Å². The minimum atomic E-state index is -0.0122.